The highest BCUT2D eigenvalue weighted by atomic mass is 19.1. The minimum absolute atomic E-state index is 0.297. The molecule has 106 valence electrons. The van der Waals surface area contributed by atoms with Gasteiger partial charge in [0.2, 0.25) is 5.82 Å². The molecule has 0 N–H and O–H groups in total. The van der Waals surface area contributed by atoms with Gasteiger partial charge >= 0.3 is 0 Å². The van der Waals surface area contributed by atoms with Crippen LogP contribution in [0, 0.1) is 5.82 Å². The zero-order valence-corrected chi connectivity index (χ0v) is 11.4. The van der Waals surface area contributed by atoms with Crippen molar-refractivity contribution in [3.8, 4) is 28.6 Å². The number of aromatic nitrogens is 2. The summed E-state index contributed by atoms with van der Waals surface area (Å²) >= 11 is 0. The Hall–Kier alpha value is -2.69. The van der Waals surface area contributed by atoms with E-state index in [4.69, 9.17) is 9.26 Å². The number of halogens is 1. The third kappa shape index (κ3) is 2.91. The van der Waals surface area contributed by atoms with Crippen LogP contribution in [0.15, 0.2) is 53.1 Å². The highest BCUT2D eigenvalue weighted by Gasteiger charge is 2.10. The Bertz CT molecular complexity index is 721. The summed E-state index contributed by atoms with van der Waals surface area (Å²) in [6.07, 6.45) is 0. The third-order valence-corrected chi connectivity index (χ3v) is 2.94. The van der Waals surface area contributed by atoms with Crippen LogP contribution in [0.5, 0.6) is 5.75 Å². The molecule has 0 aliphatic rings. The summed E-state index contributed by atoms with van der Waals surface area (Å²) in [5.41, 5.74) is 1.51. The monoisotopic (exact) mass is 284 g/mol. The van der Waals surface area contributed by atoms with Crippen LogP contribution in [-0.2, 0) is 0 Å². The summed E-state index contributed by atoms with van der Waals surface area (Å²) in [5, 5.41) is 3.91. The molecule has 5 heteroatoms. The van der Waals surface area contributed by atoms with E-state index in [9.17, 15) is 4.39 Å². The van der Waals surface area contributed by atoms with Gasteiger partial charge in [-0.15, -0.1) is 0 Å². The van der Waals surface area contributed by atoms with Crippen LogP contribution < -0.4 is 4.74 Å². The second-order valence-corrected chi connectivity index (χ2v) is 4.39. The molecule has 0 saturated heterocycles. The smallest absolute Gasteiger partial charge is 0.258 e. The Kier molecular flexibility index (Phi) is 3.64. The molecule has 0 saturated carbocycles. The predicted molar refractivity (Wildman–Crippen MR) is 76.3 cm³/mol. The lowest BCUT2D eigenvalue weighted by Crippen LogP contribution is -1.90. The highest BCUT2D eigenvalue weighted by molar-refractivity contribution is 5.60. The maximum Gasteiger partial charge on any atom is 0.258 e. The van der Waals surface area contributed by atoms with Crippen LogP contribution in [-0.4, -0.2) is 16.7 Å². The van der Waals surface area contributed by atoms with Gasteiger partial charge in [-0.2, -0.15) is 4.98 Å². The second-order valence-electron chi connectivity index (χ2n) is 4.39. The maximum atomic E-state index is 12.9. The molecule has 0 amide bonds. The van der Waals surface area contributed by atoms with E-state index >= 15 is 0 Å². The van der Waals surface area contributed by atoms with Gasteiger partial charge < -0.3 is 9.26 Å². The minimum Gasteiger partial charge on any atom is -0.494 e. The quantitative estimate of drug-likeness (QED) is 0.728. The van der Waals surface area contributed by atoms with Crippen LogP contribution in [0.1, 0.15) is 6.92 Å². The molecule has 0 bridgehead atoms. The number of benzene rings is 2. The number of ether oxygens (including phenoxy) is 1. The zero-order valence-electron chi connectivity index (χ0n) is 11.4. The first-order chi connectivity index (χ1) is 10.3. The molecule has 0 spiro atoms. The Labute approximate surface area is 121 Å². The van der Waals surface area contributed by atoms with Gasteiger partial charge in [0.15, 0.2) is 0 Å². The Morgan fingerprint density at radius 2 is 1.67 bits per heavy atom. The van der Waals surface area contributed by atoms with E-state index in [0.717, 1.165) is 11.3 Å². The van der Waals surface area contributed by atoms with Gasteiger partial charge in [-0.05, 0) is 55.5 Å². The summed E-state index contributed by atoms with van der Waals surface area (Å²) < 4.78 is 23.5. The van der Waals surface area contributed by atoms with Crippen molar-refractivity contribution in [2.75, 3.05) is 6.61 Å². The van der Waals surface area contributed by atoms with E-state index in [-0.39, 0.29) is 5.82 Å². The number of hydrogen-bond donors (Lipinski definition) is 0. The Morgan fingerprint density at radius 1 is 1.00 bits per heavy atom. The van der Waals surface area contributed by atoms with Gasteiger partial charge in [0.1, 0.15) is 11.6 Å². The van der Waals surface area contributed by atoms with E-state index < -0.39 is 0 Å². The number of hydrogen-bond acceptors (Lipinski definition) is 4. The molecule has 21 heavy (non-hydrogen) atoms. The lowest BCUT2D eigenvalue weighted by Gasteiger charge is -2.02. The average Bonchev–Trinajstić information content (AvgIpc) is 2.99. The standard InChI is InChI=1S/C16H13FN2O2/c1-2-20-14-9-5-12(6-10-14)16-18-15(19-21-16)11-3-7-13(17)8-4-11/h3-10H,2H2,1H3. The van der Waals surface area contributed by atoms with Gasteiger partial charge in [-0.25, -0.2) is 4.39 Å². The predicted octanol–water partition coefficient (Wildman–Crippen LogP) is 3.94. The summed E-state index contributed by atoms with van der Waals surface area (Å²) in [7, 11) is 0. The molecule has 0 radical (unpaired) electrons. The first-order valence-electron chi connectivity index (χ1n) is 6.59. The van der Waals surface area contributed by atoms with Crippen LogP contribution in [0.2, 0.25) is 0 Å². The summed E-state index contributed by atoms with van der Waals surface area (Å²) in [5.74, 6) is 1.34. The molecule has 2 aromatic carbocycles. The minimum atomic E-state index is -0.297. The Balaban J connectivity index is 1.85. The molecule has 0 fully saturated rings. The van der Waals surface area contributed by atoms with Gasteiger partial charge in [-0.3, -0.25) is 0 Å². The lowest BCUT2D eigenvalue weighted by atomic mass is 10.2. The van der Waals surface area contributed by atoms with Gasteiger partial charge in [-0.1, -0.05) is 5.16 Å². The fourth-order valence-electron chi connectivity index (χ4n) is 1.92. The van der Waals surface area contributed by atoms with E-state index in [2.05, 4.69) is 10.1 Å². The fourth-order valence-corrected chi connectivity index (χ4v) is 1.92. The largest absolute Gasteiger partial charge is 0.494 e. The molecular formula is C16H13FN2O2. The molecular weight excluding hydrogens is 271 g/mol. The van der Waals surface area contributed by atoms with E-state index in [1.165, 1.54) is 12.1 Å². The normalized spacial score (nSPS) is 10.6. The molecule has 3 rings (SSSR count). The van der Waals surface area contributed by atoms with Crippen molar-refractivity contribution < 1.29 is 13.7 Å². The van der Waals surface area contributed by atoms with Crippen molar-refractivity contribution in [1.29, 1.82) is 0 Å². The maximum absolute atomic E-state index is 12.9. The van der Waals surface area contributed by atoms with Crippen LogP contribution >= 0.6 is 0 Å². The molecule has 1 heterocycles. The summed E-state index contributed by atoms with van der Waals surface area (Å²) in [4.78, 5) is 4.32. The van der Waals surface area contributed by atoms with E-state index in [1.54, 1.807) is 12.1 Å². The molecule has 0 unspecified atom stereocenters. The van der Waals surface area contributed by atoms with Crippen molar-refractivity contribution in [1.82, 2.24) is 10.1 Å². The molecule has 0 aliphatic carbocycles. The molecule has 4 nitrogen and oxygen atoms in total. The van der Waals surface area contributed by atoms with Crippen molar-refractivity contribution in [2.24, 2.45) is 0 Å². The lowest BCUT2D eigenvalue weighted by molar-refractivity contribution is 0.340. The molecule has 3 aromatic rings. The van der Waals surface area contributed by atoms with Crippen LogP contribution in [0.4, 0.5) is 4.39 Å². The third-order valence-electron chi connectivity index (χ3n) is 2.94. The SMILES string of the molecule is CCOc1ccc(-c2nc(-c3ccc(F)cc3)no2)cc1. The fraction of sp³-hybridized carbons (Fsp3) is 0.125. The van der Waals surface area contributed by atoms with Crippen LogP contribution in [0.3, 0.4) is 0 Å². The van der Waals surface area contributed by atoms with Gasteiger partial charge in [0.05, 0.1) is 6.61 Å². The van der Waals surface area contributed by atoms with Crippen molar-refractivity contribution in [3.05, 3.63) is 54.3 Å². The molecule has 1 aromatic heterocycles. The van der Waals surface area contributed by atoms with Crippen molar-refractivity contribution >= 4 is 0 Å². The van der Waals surface area contributed by atoms with Gasteiger partial charge in [0.25, 0.3) is 5.89 Å². The van der Waals surface area contributed by atoms with E-state index in [0.29, 0.717) is 23.9 Å². The van der Waals surface area contributed by atoms with Crippen LogP contribution in [0.25, 0.3) is 22.8 Å². The Morgan fingerprint density at radius 3 is 2.33 bits per heavy atom. The van der Waals surface area contributed by atoms with Gasteiger partial charge in [0, 0.05) is 11.1 Å². The summed E-state index contributed by atoms with van der Waals surface area (Å²) in [6, 6.07) is 13.4. The number of rotatable bonds is 4. The summed E-state index contributed by atoms with van der Waals surface area (Å²) in [6.45, 7) is 2.55. The second kappa shape index (κ2) is 5.75. The number of nitrogens with zero attached hydrogens (tertiary/aromatic N) is 2. The molecule has 0 aliphatic heterocycles. The zero-order chi connectivity index (χ0) is 14.7. The van der Waals surface area contributed by atoms with E-state index in [1.807, 2.05) is 31.2 Å². The molecule has 0 atom stereocenters. The highest BCUT2D eigenvalue weighted by Crippen LogP contribution is 2.24. The topological polar surface area (TPSA) is 48.2 Å². The van der Waals surface area contributed by atoms with Crippen molar-refractivity contribution in [2.45, 2.75) is 6.92 Å². The average molecular weight is 284 g/mol. The first-order valence-corrected chi connectivity index (χ1v) is 6.59. The first kappa shape index (κ1) is 13.3. The van der Waals surface area contributed by atoms with Crippen molar-refractivity contribution in [3.63, 3.8) is 0 Å².